The average molecular weight is 243 g/mol. The van der Waals surface area contributed by atoms with Crippen LogP contribution in [0.1, 0.15) is 12.2 Å². The van der Waals surface area contributed by atoms with Gasteiger partial charge >= 0.3 is 0 Å². The molecule has 4 N–H and O–H groups in total. The van der Waals surface area contributed by atoms with Gasteiger partial charge in [0.15, 0.2) is 0 Å². The number of nitrogens with two attached hydrogens (primary N) is 1. The van der Waals surface area contributed by atoms with Crippen molar-refractivity contribution >= 4 is 22.4 Å². The molecule has 6 nitrogen and oxygen atoms in total. The molecule has 1 aromatic rings. The predicted octanol–water partition coefficient (Wildman–Crippen LogP) is 0.251. The van der Waals surface area contributed by atoms with E-state index in [1.807, 2.05) is 0 Å². The number of aryl methyl sites for hydroxylation is 1. The SMILES string of the molecule is Cc1nc(NN)cc(NCCCS(C)=O)n1. The van der Waals surface area contributed by atoms with Crippen LogP contribution in [0.5, 0.6) is 0 Å². The number of hydrogen-bond donors (Lipinski definition) is 3. The summed E-state index contributed by atoms with van der Waals surface area (Å²) in [4.78, 5) is 8.28. The average Bonchev–Trinajstić information content (AvgIpc) is 2.23. The lowest BCUT2D eigenvalue weighted by molar-refractivity contribution is 0.685. The molecule has 1 aromatic heterocycles. The third-order valence-corrected chi connectivity index (χ3v) is 2.76. The first-order valence-electron chi connectivity index (χ1n) is 4.98. The highest BCUT2D eigenvalue weighted by atomic mass is 32.2. The van der Waals surface area contributed by atoms with E-state index in [2.05, 4.69) is 20.7 Å². The summed E-state index contributed by atoms with van der Waals surface area (Å²) in [5, 5.41) is 3.13. The van der Waals surface area contributed by atoms with Crippen molar-refractivity contribution in [1.29, 1.82) is 0 Å². The molecule has 0 spiro atoms. The monoisotopic (exact) mass is 243 g/mol. The summed E-state index contributed by atoms with van der Waals surface area (Å²) in [6, 6.07) is 1.73. The van der Waals surface area contributed by atoms with Gasteiger partial charge in [-0.05, 0) is 13.3 Å². The molecule has 1 atom stereocenters. The largest absolute Gasteiger partial charge is 0.370 e. The molecule has 90 valence electrons. The maximum Gasteiger partial charge on any atom is 0.145 e. The molecule has 0 aliphatic carbocycles. The van der Waals surface area contributed by atoms with Gasteiger partial charge in [-0.15, -0.1) is 0 Å². The molecule has 7 heteroatoms. The summed E-state index contributed by atoms with van der Waals surface area (Å²) in [6.45, 7) is 2.53. The Morgan fingerprint density at radius 1 is 1.44 bits per heavy atom. The van der Waals surface area contributed by atoms with E-state index in [-0.39, 0.29) is 0 Å². The second kappa shape index (κ2) is 6.39. The van der Waals surface area contributed by atoms with E-state index in [1.54, 1.807) is 19.2 Å². The van der Waals surface area contributed by atoms with Crippen molar-refractivity contribution in [3.8, 4) is 0 Å². The van der Waals surface area contributed by atoms with Crippen LogP contribution in [0.4, 0.5) is 11.6 Å². The van der Waals surface area contributed by atoms with Gasteiger partial charge in [-0.3, -0.25) is 4.21 Å². The molecule has 1 heterocycles. The summed E-state index contributed by atoms with van der Waals surface area (Å²) < 4.78 is 10.8. The molecule has 16 heavy (non-hydrogen) atoms. The number of rotatable bonds is 6. The van der Waals surface area contributed by atoms with Crippen molar-refractivity contribution in [2.45, 2.75) is 13.3 Å². The fourth-order valence-electron chi connectivity index (χ4n) is 1.22. The molecule has 0 fully saturated rings. The number of aromatic nitrogens is 2. The molecule has 0 saturated heterocycles. The third-order valence-electron chi connectivity index (χ3n) is 1.90. The number of hydrazine groups is 1. The molecule has 0 bridgehead atoms. The maximum atomic E-state index is 10.8. The lowest BCUT2D eigenvalue weighted by Gasteiger charge is -2.07. The summed E-state index contributed by atoms with van der Waals surface area (Å²) in [5.74, 6) is 7.92. The lowest BCUT2D eigenvalue weighted by Crippen LogP contribution is -2.12. The number of nitrogens with zero attached hydrogens (tertiary/aromatic N) is 2. The first-order valence-corrected chi connectivity index (χ1v) is 6.70. The lowest BCUT2D eigenvalue weighted by atomic mass is 10.4. The fraction of sp³-hybridized carbons (Fsp3) is 0.556. The number of anilines is 2. The van der Waals surface area contributed by atoms with E-state index in [9.17, 15) is 4.21 Å². The van der Waals surface area contributed by atoms with Crippen molar-refractivity contribution in [2.24, 2.45) is 5.84 Å². The first-order chi connectivity index (χ1) is 7.61. The van der Waals surface area contributed by atoms with E-state index in [0.717, 1.165) is 18.8 Å². The Labute approximate surface area is 97.5 Å². The number of nitrogens with one attached hydrogen (secondary N) is 2. The summed E-state index contributed by atoms with van der Waals surface area (Å²) in [5.41, 5.74) is 2.48. The highest BCUT2D eigenvalue weighted by Crippen LogP contribution is 2.09. The van der Waals surface area contributed by atoms with Gasteiger partial charge in [-0.1, -0.05) is 0 Å². The normalized spacial score (nSPS) is 12.2. The molecular weight excluding hydrogens is 226 g/mol. The summed E-state index contributed by atoms with van der Waals surface area (Å²) >= 11 is 0. The van der Waals surface area contributed by atoms with E-state index in [4.69, 9.17) is 5.84 Å². The van der Waals surface area contributed by atoms with E-state index >= 15 is 0 Å². The van der Waals surface area contributed by atoms with Gasteiger partial charge in [0.25, 0.3) is 0 Å². The molecular formula is C9H17N5OS. The van der Waals surface area contributed by atoms with Crippen molar-refractivity contribution in [2.75, 3.05) is 29.3 Å². The van der Waals surface area contributed by atoms with Crippen LogP contribution in [-0.2, 0) is 10.8 Å². The first kappa shape index (κ1) is 12.9. The minimum atomic E-state index is -0.739. The van der Waals surface area contributed by atoms with Gasteiger partial charge in [0.05, 0.1) is 0 Å². The number of hydrogen-bond acceptors (Lipinski definition) is 6. The standard InChI is InChI=1S/C9H17N5OS/c1-7-12-8(6-9(13-7)14-10)11-4-3-5-16(2)15/h6H,3-5,10H2,1-2H3,(H2,11,12,13,14). The van der Waals surface area contributed by atoms with E-state index in [1.165, 1.54) is 0 Å². The molecule has 0 aliphatic rings. The topological polar surface area (TPSA) is 92.9 Å². The van der Waals surface area contributed by atoms with Gasteiger partial charge in [-0.2, -0.15) is 0 Å². The molecule has 1 rings (SSSR count). The Hall–Kier alpha value is -1.21. The molecule has 0 saturated carbocycles. The van der Waals surface area contributed by atoms with Gasteiger partial charge in [-0.25, -0.2) is 15.8 Å². The quantitative estimate of drug-likeness (QED) is 0.377. The van der Waals surface area contributed by atoms with Crippen LogP contribution >= 0.6 is 0 Å². The minimum Gasteiger partial charge on any atom is -0.370 e. The Balaban J connectivity index is 2.47. The van der Waals surface area contributed by atoms with Crippen LogP contribution in [0.25, 0.3) is 0 Å². The second-order valence-electron chi connectivity index (χ2n) is 3.39. The van der Waals surface area contributed by atoms with Gasteiger partial charge in [0.1, 0.15) is 17.5 Å². The van der Waals surface area contributed by atoms with Crippen LogP contribution in [0.3, 0.4) is 0 Å². The van der Waals surface area contributed by atoms with Gasteiger partial charge < -0.3 is 10.7 Å². The zero-order valence-corrected chi connectivity index (χ0v) is 10.3. The minimum absolute atomic E-state index is 0.578. The number of nitrogen functional groups attached to an aromatic ring is 1. The summed E-state index contributed by atoms with van der Waals surface area (Å²) in [7, 11) is -0.739. The van der Waals surface area contributed by atoms with E-state index < -0.39 is 10.8 Å². The van der Waals surface area contributed by atoms with Crippen LogP contribution in [0, 0.1) is 6.92 Å². The fourth-order valence-corrected chi connectivity index (χ4v) is 1.77. The predicted molar refractivity (Wildman–Crippen MR) is 66.6 cm³/mol. The zero-order valence-electron chi connectivity index (χ0n) is 9.49. The molecule has 0 amide bonds. The highest BCUT2D eigenvalue weighted by molar-refractivity contribution is 7.84. The van der Waals surface area contributed by atoms with Crippen LogP contribution < -0.4 is 16.6 Å². The van der Waals surface area contributed by atoms with Crippen molar-refractivity contribution in [3.05, 3.63) is 11.9 Å². The zero-order chi connectivity index (χ0) is 12.0. The molecule has 1 unspecified atom stereocenters. The Morgan fingerprint density at radius 3 is 2.75 bits per heavy atom. The van der Waals surface area contributed by atoms with Crippen molar-refractivity contribution in [1.82, 2.24) is 9.97 Å². The Morgan fingerprint density at radius 2 is 2.12 bits per heavy atom. The molecule has 0 aromatic carbocycles. The summed E-state index contributed by atoms with van der Waals surface area (Å²) in [6.07, 6.45) is 2.54. The smallest absolute Gasteiger partial charge is 0.145 e. The van der Waals surface area contributed by atoms with Crippen LogP contribution in [0.2, 0.25) is 0 Å². The van der Waals surface area contributed by atoms with Crippen molar-refractivity contribution < 1.29 is 4.21 Å². The molecule has 0 aliphatic heterocycles. The van der Waals surface area contributed by atoms with Crippen molar-refractivity contribution in [3.63, 3.8) is 0 Å². The van der Waals surface area contributed by atoms with Gasteiger partial charge in [0.2, 0.25) is 0 Å². The highest BCUT2D eigenvalue weighted by Gasteiger charge is 2.00. The molecule has 0 radical (unpaired) electrons. The third kappa shape index (κ3) is 4.54. The van der Waals surface area contributed by atoms with Gasteiger partial charge in [0, 0.05) is 35.4 Å². The second-order valence-corrected chi connectivity index (χ2v) is 4.94. The Kier molecular flexibility index (Phi) is 5.13. The van der Waals surface area contributed by atoms with Crippen LogP contribution in [-0.4, -0.2) is 32.7 Å². The van der Waals surface area contributed by atoms with E-state index in [0.29, 0.717) is 17.4 Å². The van der Waals surface area contributed by atoms with Crippen LogP contribution in [0.15, 0.2) is 6.07 Å². The Bertz CT molecular complexity index is 371. The maximum absolute atomic E-state index is 10.8.